The van der Waals surface area contributed by atoms with Gasteiger partial charge in [-0.1, -0.05) is 26.7 Å². The number of hydrogen-bond acceptors (Lipinski definition) is 3. The molecular formula is C15H23IN2O2. The van der Waals surface area contributed by atoms with Gasteiger partial charge < -0.3 is 9.72 Å². The Hall–Kier alpha value is -0.430. The van der Waals surface area contributed by atoms with Gasteiger partial charge in [-0.05, 0) is 48.3 Å². The average Bonchev–Trinajstić information content (AvgIpc) is 2.92. The molecule has 1 atom stereocenters. The van der Waals surface area contributed by atoms with Crippen molar-refractivity contribution in [3.63, 3.8) is 0 Å². The Bertz CT molecular complexity index is 507. The Labute approximate surface area is 133 Å². The van der Waals surface area contributed by atoms with E-state index < -0.39 is 0 Å². The fraction of sp³-hybridized carbons (Fsp3) is 0.733. The molecule has 1 fully saturated rings. The largest absolute Gasteiger partial charge is 0.370 e. The van der Waals surface area contributed by atoms with E-state index in [0.29, 0.717) is 18.3 Å². The van der Waals surface area contributed by atoms with Crippen LogP contribution in [-0.2, 0) is 4.74 Å². The van der Waals surface area contributed by atoms with Gasteiger partial charge in [0.05, 0.1) is 9.26 Å². The molecule has 4 nitrogen and oxygen atoms in total. The molecule has 1 heterocycles. The molecule has 1 unspecified atom stereocenters. The second kappa shape index (κ2) is 7.02. The van der Waals surface area contributed by atoms with E-state index in [4.69, 9.17) is 9.72 Å². The zero-order chi connectivity index (χ0) is 14.7. The second-order valence-electron chi connectivity index (χ2n) is 5.75. The molecule has 0 amide bonds. The fourth-order valence-electron chi connectivity index (χ4n) is 2.87. The van der Waals surface area contributed by atoms with Gasteiger partial charge in [-0.15, -0.1) is 0 Å². The number of hydrogen-bond donors (Lipinski definition) is 1. The highest BCUT2D eigenvalue weighted by molar-refractivity contribution is 14.1. The highest BCUT2D eigenvalue weighted by Crippen LogP contribution is 2.35. The first-order chi connectivity index (χ1) is 9.54. The first-order valence-corrected chi connectivity index (χ1v) is 8.53. The van der Waals surface area contributed by atoms with Crippen molar-refractivity contribution in [1.82, 2.24) is 9.97 Å². The smallest absolute Gasteiger partial charge is 0.264 e. The van der Waals surface area contributed by atoms with Gasteiger partial charge in [-0.3, -0.25) is 4.79 Å². The monoisotopic (exact) mass is 390 g/mol. The highest BCUT2D eigenvalue weighted by Gasteiger charge is 2.26. The van der Waals surface area contributed by atoms with Gasteiger partial charge in [0.15, 0.2) is 0 Å². The maximum absolute atomic E-state index is 12.2. The molecule has 1 aromatic rings. The van der Waals surface area contributed by atoms with Crippen LogP contribution in [0.25, 0.3) is 0 Å². The van der Waals surface area contributed by atoms with E-state index in [2.05, 4.69) is 41.4 Å². The Morgan fingerprint density at radius 1 is 1.40 bits per heavy atom. The number of nitrogens with one attached hydrogen (secondary N) is 1. The van der Waals surface area contributed by atoms with Crippen LogP contribution in [0.5, 0.6) is 0 Å². The summed E-state index contributed by atoms with van der Waals surface area (Å²) < 4.78 is 6.51. The molecule has 0 bridgehead atoms. The minimum Gasteiger partial charge on any atom is -0.370 e. The van der Waals surface area contributed by atoms with Crippen molar-refractivity contribution in [1.29, 1.82) is 0 Å². The molecule has 1 aliphatic rings. The predicted octanol–water partition coefficient (Wildman–Crippen LogP) is 3.77. The molecule has 1 aliphatic carbocycles. The lowest BCUT2D eigenvalue weighted by atomic mass is 10.0. The summed E-state index contributed by atoms with van der Waals surface area (Å²) in [7, 11) is 0. The third-order valence-corrected chi connectivity index (χ3v) is 4.91. The molecule has 0 aromatic carbocycles. The Balaban J connectivity index is 2.41. The van der Waals surface area contributed by atoms with E-state index in [1.165, 1.54) is 12.8 Å². The van der Waals surface area contributed by atoms with Crippen molar-refractivity contribution in [2.24, 2.45) is 5.92 Å². The Morgan fingerprint density at radius 2 is 2.05 bits per heavy atom. The van der Waals surface area contributed by atoms with E-state index in [-0.39, 0.29) is 17.6 Å². The van der Waals surface area contributed by atoms with Gasteiger partial charge in [0, 0.05) is 12.5 Å². The highest BCUT2D eigenvalue weighted by atomic mass is 127. The standard InChI is InChI=1S/C15H23IN2O2/c1-4-20-13(9(2)3)14-17-12(10-7-5-6-8-10)11(16)15(19)18-14/h9-10,13H,4-8H2,1-3H3,(H,17,18,19). The quantitative estimate of drug-likeness (QED) is 0.779. The van der Waals surface area contributed by atoms with Crippen LogP contribution < -0.4 is 5.56 Å². The van der Waals surface area contributed by atoms with Crippen molar-refractivity contribution in [2.45, 2.75) is 58.5 Å². The minimum absolute atomic E-state index is 0.0251. The number of rotatable bonds is 5. The lowest BCUT2D eigenvalue weighted by Gasteiger charge is -2.21. The van der Waals surface area contributed by atoms with Crippen LogP contribution in [0.4, 0.5) is 0 Å². The molecular weight excluding hydrogens is 367 g/mol. The van der Waals surface area contributed by atoms with E-state index in [0.717, 1.165) is 22.1 Å². The summed E-state index contributed by atoms with van der Waals surface area (Å²) in [6.07, 6.45) is 4.64. The first-order valence-electron chi connectivity index (χ1n) is 7.45. The number of halogens is 1. The van der Waals surface area contributed by atoms with Crippen molar-refractivity contribution in [3.8, 4) is 0 Å². The Kier molecular flexibility index (Phi) is 5.60. The third-order valence-electron chi connectivity index (χ3n) is 3.87. The summed E-state index contributed by atoms with van der Waals surface area (Å²) in [5.41, 5.74) is 0.954. The van der Waals surface area contributed by atoms with Gasteiger partial charge in [-0.2, -0.15) is 0 Å². The number of ether oxygens (including phenoxy) is 1. The summed E-state index contributed by atoms with van der Waals surface area (Å²) in [5.74, 6) is 1.42. The molecule has 1 N–H and O–H groups in total. The van der Waals surface area contributed by atoms with Crippen LogP contribution in [0.2, 0.25) is 0 Å². The molecule has 1 saturated carbocycles. The van der Waals surface area contributed by atoms with E-state index in [1.54, 1.807) is 0 Å². The third kappa shape index (κ3) is 3.42. The van der Waals surface area contributed by atoms with Gasteiger partial charge in [-0.25, -0.2) is 4.98 Å². The van der Waals surface area contributed by atoms with Crippen LogP contribution in [0, 0.1) is 9.49 Å². The lowest BCUT2D eigenvalue weighted by Crippen LogP contribution is -2.24. The number of aromatic nitrogens is 2. The molecule has 0 saturated heterocycles. The summed E-state index contributed by atoms with van der Waals surface area (Å²) >= 11 is 2.13. The average molecular weight is 390 g/mol. The molecule has 2 rings (SSSR count). The molecule has 0 spiro atoms. The van der Waals surface area contributed by atoms with Crippen molar-refractivity contribution in [3.05, 3.63) is 25.4 Å². The van der Waals surface area contributed by atoms with Crippen molar-refractivity contribution < 1.29 is 4.74 Å². The van der Waals surface area contributed by atoms with Crippen LogP contribution in [0.1, 0.15) is 70.0 Å². The zero-order valence-electron chi connectivity index (χ0n) is 12.4. The fourth-order valence-corrected chi connectivity index (χ4v) is 3.56. The Morgan fingerprint density at radius 3 is 2.60 bits per heavy atom. The molecule has 0 radical (unpaired) electrons. The normalized spacial score (nSPS) is 17.9. The molecule has 112 valence electrons. The predicted molar refractivity (Wildman–Crippen MR) is 88.0 cm³/mol. The minimum atomic E-state index is -0.134. The van der Waals surface area contributed by atoms with E-state index >= 15 is 0 Å². The summed E-state index contributed by atoms with van der Waals surface area (Å²) in [6, 6.07) is 0. The summed E-state index contributed by atoms with van der Waals surface area (Å²) in [6.45, 7) is 6.77. The molecule has 5 heteroatoms. The molecule has 1 aromatic heterocycles. The van der Waals surface area contributed by atoms with Gasteiger partial charge in [0.1, 0.15) is 11.9 Å². The number of H-pyrrole nitrogens is 1. The van der Waals surface area contributed by atoms with Crippen molar-refractivity contribution in [2.75, 3.05) is 6.61 Å². The number of aromatic amines is 1. The summed E-state index contributed by atoms with van der Waals surface area (Å²) in [5, 5.41) is 0. The first kappa shape index (κ1) is 15.9. The van der Waals surface area contributed by atoms with E-state index in [9.17, 15) is 4.79 Å². The molecule has 0 aliphatic heterocycles. The molecule has 20 heavy (non-hydrogen) atoms. The maximum atomic E-state index is 12.2. The van der Waals surface area contributed by atoms with Crippen LogP contribution in [-0.4, -0.2) is 16.6 Å². The van der Waals surface area contributed by atoms with Gasteiger partial charge in [0.25, 0.3) is 5.56 Å². The van der Waals surface area contributed by atoms with Crippen LogP contribution in [0.3, 0.4) is 0 Å². The van der Waals surface area contributed by atoms with Crippen molar-refractivity contribution >= 4 is 22.6 Å². The van der Waals surface area contributed by atoms with Crippen LogP contribution >= 0.6 is 22.6 Å². The van der Waals surface area contributed by atoms with Gasteiger partial charge in [0.2, 0.25) is 0 Å². The summed E-state index contributed by atoms with van der Waals surface area (Å²) in [4.78, 5) is 19.9. The van der Waals surface area contributed by atoms with Crippen LogP contribution in [0.15, 0.2) is 4.79 Å². The SMILES string of the molecule is CCOC(c1nc(C2CCCC2)c(I)c(=O)[nH]1)C(C)C. The lowest BCUT2D eigenvalue weighted by molar-refractivity contribution is 0.0228. The zero-order valence-corrected chi connectivity index (χ0v) is 14.6. The van der Waals surface area contributed by atoms with E-state index in [1.807, 2.05) is 6.92 Å². The topological polar surface area (TPSA) is 55.0 Å². The second-order valence-corrected chi connectivity index (χ2v) is 6.83. The number of nitrogens with zero attached hydrogens (tertiary/aromatic N) is 1. The van der Waals surface area contributed by atoms with Gasteiger partial charge >= 0.3 is 0 Å². The maximum Gasteiger partial charge on any atom is 0.264 e.